The summed E-state index contributed by atoms with van der Waals surface area (Å²) in [6.45, 7) is 9.00. The molecule has 0 aromatic heterocycles. The summed E-state index contributed by atoms with van der Waals surface area (Å²) in [5.74, 6) is 2.04. The first-order chi connectivity index (χ1) is 7.88. The molecule has 2 heteroatoms. The van der Waals surface area contributed by atoms with E-state index in [0.29, 0.717) is 0 Å². The molecular weight excluding hydrogens is 196 g/mol. The van der Waals surface area contributed by atoms with Gasteiger partial charge < -0.3 is 10.2 Å². The van der Waals surface area contributed by atoms with Gasteiger partial charge >= 0.3 is 0 Å². The first-order valence-corrected chi connectivity index (χ1v) is 7.31. The minimum atomic E-state index is 1.00. The first-order valence-electron chi connectivity index (χ1n) is 7.31. The molecule has 0 radical (unpaired) electrons. The molecule has 94 valence electrons. The van der Waals surface area contributed by atoms with E-state index in [2.05, 4.69) is 17.1 Å². The Bertz CT molecular complexity index is 183. The monoisotopic (exact) mass is 224 g/mol. The van der Waals surface area contributed by atoms with Crippen molar-refractivity contribution in [3.8, 4) is 0 Å². The van der Waals surface area contributed by atoms with Crippen LogP contribution in [-0.2, 0) is 0 Å². The molecule has 0 aliphatic carbocycles. The fraction of sp³-hybridized carbons (Fsp3) is 1.00. The van der Waals surface area contributed by atoms with Crippen LogP contribution in [0, 0.1) is 11.8 Å². The Morgan fingerprint density at radius 2 is 1.75 bits per heavy atom. The highest BCUT2D eigenvalue weighted by Crippen LogP contribution is 2.22. The van der Waals surface area contributed by atoms with Gasteiger partial charge in [-0.25, -0.2) is 0 Å². The predicted molar refractivity (Wildman–Crippen MR) is 69.7 cm³/mol. The standard InChI is InChI=1S/C14H28N2/c1-2-3-4-6-14-11-16(12-14)8-5-7-13-9-15-10-13/h13-15H,2-12H2,1H3. The van der Waals surface area contributed by atoms with E-state index in [1.165, 1.54) is 71.2 Å². The van der Waals surface area contributed by atoms with Crippen LogP contribution in [0.5, 0.6) is 0 Å². The van der Waals surface area contributed by atoms with Crippen molar-refractivity contribution in [1.29, 1.82) is 0 Å². The number of hydrogen-bond acceptors (Lipinski definition) is 2. The van der Waals surface area contributed by atoms with Gasteiger partial charge in [0.15, 0.2) is 0 Å². The van der Waals surface area contributed by atoms with Crippen LogP contribution in [0.1, 0.15) is 45.4 Å². The lowest BCUT2D eigenvalue weighted by atomic mass is 9.92. The largest absolute Gasteiger partial charge is 0.316 e. The van der Waals surface area contributed by atoms with Crippen LogP contribution in [0.25, 0.3) is 0 Å². The van der Waals surface area contributed by atoms with Crippen LogP contribution in [-0.4, -0.2) is 37.6 Å². The van der Waals surface area contributed by atoms with Gasteiger partial charge in [-0.15, -0.1) is 0 Å². The molecule has 16 heavy (non-hydrogen) atoms. The van der Waals surface area contributed by atoms with Gasteiger partial charge in [0, 0.05) is 13.1 Å². The van der Waals surface area contributed by atoms with Crippen LogP contribution in [0.4, 0.5) is 0 Å². The Kier molecular flexibility index (Phi) is 5.11. The average Bonchev–Trinajstić information content (AvgIpc) is 2.16. The van der Waals surface area contributed by atoms with Crippen LogP contribution in [0.2, 0.25) is 0 Å². The minimum Gasteiger partial charge on any atom is -0.316 e. The van der Waals surface area contributed by atoms with Crippen molar-refractivity contribution in [3.63, 3.8) is 0 Å². The van der Waals surface area contributed by atoms with E-state index in [4.69, 9.17) is 0 Å². The maximum absolute atomic E-state index is 3.35. The summed E-state index contributed by atoms with van der Waals surface area (Å²) in [7, 11) is 0. The molecule has 0 atom stereocenters. The summed E-state index contributed by atoms with van der Waals surface area (Å²) >= 11 is 0. The Morgan fingerprint density at radius 3 is 2.38 bits per heavy atom. The molecule has 0 amide bonds. The predicted octanol–water partition coefficient (Wildman–Crippen LogP) is 2.50. The van der Waals surface area contributed by atoms with E-state index in [0.717, 1.165) is 11.8 Å². The molecule has 0 aromatic carbocycles. The smallest absolute Gasteiger partial charge is 0.00220 e. The Labute approximate surface area is 101 Å². The molecule has 0 bridgehead atoms. The molecule has 2 nitrogen and oxygen atoms in total. The van der Waals surface area contributed by atoms with Crippen molar-refractivity contribution in [3.05, 3.63) is 0 Å². The van der Waals surface area contributed by atoms with Gasteiger partial charge in [0.1, 0.15) is 0 Å². The summed E-state index contributed by atoms with van der Waals surface area (Å²) in [6.07, 6.45) is 8.62. The quantitative estimate of drug-likeness (QED) is 0.637. The molecule has 2 saturated heterocycles. The second kappa shape index (κ2) is 6.61. The highest BCUT2D eigenvalue weighted by Gasteiger charge is 2.25. The fourth-order valence-electron chi connectivity index (χ4n) is 2.88. The van der Waals surface area contributed by atoms with Crippen molar-refractivity contribution >= 4 is 0 Å². The zero-order valence-electron chi connectivity index (χ0n) is 10.9. The maximum atomic E-state index is 3.35. The van der Waals surface area contributed by atoms with Gasteiger partial charge in [-0.1, -0.05) is 26.2 Å². The van der Waals surface area contributed by atoms with Crippen LogP contribution in [0.15, 0.2) is 0 Å². The van der Waals surface area contributed by atoms with Gasteiger partial charge in [-0.05, 0) is 50.7 Å². The van der Waals surface area contributed by atoms with E-state index < -0.39 is 0 Å². The fourth-order valence-corrected chi connectivity index (χ4v) is 2.88. The summed E-state index contributed by atoms with van der Waals surface area (Å²) in [6, 6.07) is 0. The third-order valence-corrected chi connectivity index (χ3v) is 4.20. The first kappa shape index (κ1) is 12.4. The van der Waals surface area contributed by atoms with Gasteiger partial charge in [0.05, 0.1) is 0 Å². The van der Waals surface area contributed by atoms with Crippen molar-refractivity contribution < 1.29 is 0 Å². The van der Waals surface area contributed by atoms with Crippen molar-refractivity contribution in [1.82, 2.24) is 10.2 Å². The summed E-state index contributed by atoms with van der Waals surface area (Å²) in [5, 5.41) is 3.35. The lowest BCUT2D eigenvalue weighted by Crippen LogP contribution is -2.47. The molecule has 0 spiro atoms. The summed E-state index contributed by atoms with van der Waals surface area (Å²) in [5.41, 5.74) is 0. The molecule has 0 aromatic rings. The second-order valence-electron chi connectivity index (χ2n) is 5.79. The molecule has 0 saturated carbocycles. The van der Waals surface area contributed by atoms with Crippen molar-refractivity contribution in [2.24, 2.45) is 11.8 Å². The molecular formula is C14H28N2. The molecule has 2 heterocycles. The Hall–Kier alpha value is -0.0800. The van der Waals surface area contributed by atoms with E-state index in [9.17, 15) is 0 Å². The molecule has 0 unspecified atom stereocenters. The normalized spacial score (nSPS) is 23.1. The molecule has 2 aliphatic heterocycles. The lowest BCUT2D eigenvalue weighted by molar-refractivity contribution is 0.0877. The van der Waals surface area contributed by atoms with Gasteiger partial charge in [-0.2, -0.15) is 0 Å². The number of hydrogen-bond donors (Lipinski definition) is 1. The molecule has 2 aliphatic rings. The maximum Gasteiger partial charge on any atom is 0.00220 e. The van der Waals surface area contributed by atoms with Crippen LogP contribution in [0.3, 0.4) is 0 Å². The van der Waals surface area contributed by atoms with Crippen LogP contribution < -0.4 is 5.32 Å². The van der Waals surface area contributed by atoms with Gasteiger partial charge in [0.2, 0.25) is 0 Å². The van der Waals surface area contributed by atoms with Crippen molar-refractivity contribution in [2.75, 3.05) is 32.7 Å². The lowest BCUT2D eigenvalue weighted by Gasteiger charge is -2.40. The highest BCUT2D eigenvalue weighted by atomic mass is 15.2. The van der Waals surface area contributed by atoms with E-state index >= 15 is 0 Å². The summed E-state index contributed by atoms with van der Waals surface area (Å²) < 4.78 is 0. The number of nitrogens with one attached hydrogen (secondary N) is 1. The third kappa shape index (κ3) is 3.74. The number of rotatable bonds is 8. The average molecular weight is 224 g/mol. The number of unbranched alkanes of at least 4 members (excludes halogenated alkanes) is 2. The van der Waals surface area contributed by atoms with Gasteiger partial charge in [0.25, 0.3) is 0 Å². The number of nitrogens with zero attached hydrogens (tertiary/aromatic N) is 1. The number of likely N-dealkylation sites (tertiary alicyclic amines) is 1. The molecule has 2 rings (SSSR count). The van der Waals surface area contributed by atoms with E-state index in [1.807, 2.05) is 0 Å². The Balaban J connectivity index is 1.39. The third-order valence-electron chi connectivity index (χ3n) is 4.20. The SMILES string of the molecule is CCCCCC1CN(CCCC2CNC2)C1. The zero-order valence-corrected chi connectivity index (χ0v) is 10.9. The van der Waals surface area contributed by atoms with Gasteiger partial charge in [-0.3, -0.25) is 0 Å². The molecule has 1 N–H and O–H groups in total. The van der Waals surface area contributed by atoms with E-state index in [1.54, 1.807) is 0 Å². The van der Waals surface area contributed by atoms with Crippen molar-refractivity contribution in [2.45, 2.75) is 45.4 Å². The highest BCUT2D eigenvalue weighted by molar-refractivity contribution is 4.80. The van der Waals surface area contributed by atoms with E-state index in [-0.39, 0.29) is 0 Å². The Morgan fingerprint density at radius 1 is 1.00 bits per heavy atom. The summed E-state index contributed by atoms with van der Waals surface area (Å²) in [4.78, 5) is 2.66. The second-order valence-corrected chi connectivity index (χ2v) is 5.79. The van der Waals surface area contributed by atoms with Crippen LogP contribution >= 0.6 is 0 Å². The minimum absolute atomic E-state index is 1.00. The molecule has 2 fully saturated rings. The zero-order chi connectivity index (χ0) is 11.2. The topological polar surface area (TPSA) is 15.3 Å².